The fraction of sp³-hybridized carbons (Fsp3) is 0. The Hall–Kier alpha value is -3.53. The highest BCUT2D eigenvalue weighted by atomic mass is 35.5. The predicted molar refractivity (Wildman–Crippen MR) is 86.1 cm³/mol. The molecule has 2 aromatic rings. The van der Waals surface area contributed by atoms with Crippen LogP contribution in [0, 0.1) is 20.2 Å². The molecule has 0 aliphatic heterocycles. The summed E-state index contributed by atoms with van der Waals surface area (Å²) >= 11 is 5.82. The molecule has 0 saturated heterocycles. The van der Waals surface area contributed by atoms with Gasteiger partial charge in [-0.05, 0) is 18.2 Å². The second-order valence-corrected chi connectivity index (χ2v) is 5.04. The van der Waals surface area contributed by atoms with Gasteiger partial charge in [0.25, 0.3) is 23.2 Å². The normalized spacial score (nSPS) is 9.96. The monoisotopic (exact) mass is 364 g/mol. The summed E-state index contributed by atoms with van der Waals surface area (Å²) < 4.78 is 0. The number of hydrogen-bond donors (Lipinski definition) is 2. The maximum Gasteiger partial charge on any atom is 0.271 e. The number of non-ortho nitro benzene ring substituents is 2. The van der Waals surface area contributed by atoms with Gasteiger partial charge in [0.2, 0.25) is 0 Å². The molecule has 0 unspecified atom stereocenters. The van der Waals surface area contributed by atoms with E-state index < -0.39 is 21.7 Å². The molecule has 2 rings (SSSR count). The smallest absolute Gasteiger partial charge is 0.267 e. The van der Waals surface area contributed by atoms with Crippen molar-refractivity contribution in [2.75, 3.05) is 0 Å². The molecule has 0 atom stereocenters. The lowest BCUT2D eigenvalue weighted by molar-refractivity contribution is -0.385. The quantitative estimate of drug-likeness (QED) is 0.628. The molecule has 128 valence electrons. The van der Waals surface area contributed by atoms with Crippen molar-refractivity contribution in [2.45, 2.75) is 0 Å². The Morgan fingerprint density at radius 2 is 1.36 bits per heavy atom. The molecule has 11 heteroatoms. The number of benzene rings is 2. The van der Waals surface area contributed by atoms with Crippen molar-refractivity contribution in [1.82, 2.24) is 10.9 Å². The van der Waals surface area contributed by atoms with E-state index in [0.717, 1.165) is 24.3 Å². The average Bonchev–Trinajstić information content (AvgIpc) is 2.59. The molecule has 0 saturated carbocycles. The number of hydrogen-bond acceptors (Lipinski definition) is 6. The van der Waals surface area contributed by atoms with Crippen LogP contribution >= 0.6 is 11.6 Å². The first-order valence-corrected chi connectivity index (χ1v) is 6.96. The third kappa shape index (κ3) is 4.26. The molecule has 10 nitrogen and oxygen atoms in total. The van der Waals surface area contributed by atoms with Gasteiger partial charge in [0.05, 0.1) is 20.4 Å². The van der Waals surface area contributed by atoms with Gasteiger partial charge in [0.15, 0.2) is 0 Å². The zero-order valence-corrected chi connectivity index (χ0v) is 13.0. The number of nitro benzene ring substituents is 2. The van der Waals surface area contributed by atoms with Crippen LogP contribution in [0.5, 0.6) is 0 Å². The van der Waals surface area contributed by atoms with E-state index in [-0.39, 0.29) is 27.5 Å². The van der Waals surface area contributed by atoms with Gasteiger partial charge >= 0.3 is 0 Å². The summed E-state index contributed by atoms with van der Waals surface area (Å²) in [5.74, 6) is -1.59. The topological polar surface area (TPSA) is 144 Å². The number of carbonyl (C=O) groups excluding carboxylic acids is 2. The molecule has 0 aliphatic rings. The number of nitrogens with zero attached hydrogens (tertiary/aromatic N) is 2. The van der Waals surface area contributed by atoms with Crippen LogP contribution < -0.4 is 10.9 Å². The minimum absolute atomic E-state index is 0.0346. The number of nitrogens with one attached hydrogen (secondary N) is 2. The summed E-state index contributed by atoms with van der Waals surface area (Å²) in [6.07, 6.45) is 0. The van der Waals surface area contributed by atoms with Crippen LogP contribution in [0.25, 0.3) is 0 Å². The lowest BCUT2D eigenvalue weighted by atomic mass is 10.2. The molecular formula is C14H9ClN4O6. The van der Waals surface area contributed by atoms with Gasteiger partial charge in [-0.25, -0.2) is 0 Å². The van der Waals surface area contributed by atoms with Crippen molar-refractivity contribution in [3.05, 3.63) is 78.8 Å². The summed E-state index contributed by atoms with van der Waals surface area (Å²) in [7, 11) is 0. The molecule has 2 amide bonds. The van der Waals surface area contributed by atoms with Crippen LogP contribution in [0.4, 0.5) is 11.4 Å². The summed E-state index contributed by atoms with van der Waals surface area (Å²) in [6.45, 7) is 0. The number of amides is 2. The van der Waals surface area contributed by atoms with Crippen molar-refractivity contribution in [2.24, 2.45) is 0 Å². The van der Waals surface area contributed by atoms with Gasteiger partial charge < -0.3 is 0 Å². The number of carbonyl (C=O) groups is 2. The van der Waals surface area contributed by atoms with Crippen LogP contribution in [0.1, 0.15) is 20.7 Å². The van der Waals surface area contributed by atoms with Gasteiger partial charge in [-0.3, -0.25) is 40.7 Å². The Kier molecular flexibility index (Phi) is 5.25. The fourth-order valence-corrected chi connectivity index (χ4v) is 1.99. The van der Waals surface area contributed by atoms with Crippen LogP contribution in [0.15, 0.2) is 42.5 Å². The van der Waals surface area contributed by atoms with Gasteiger partial charge in [-0.1, -0.05) is 11.6 Å². The third-order valence-corrected chi connectivity index (χ3v) is 3.36. The molecule has 0 aromatic heterocycles. The maximum atomic E-state index is 12.0. The first kappa shape index (κ1) is 17.8. The number of rotatable bonds is 4. The fourth-order valence-electron chi connectivity index (χ4n) is 1.79. The average molecular weight is 365 g/mol. The molecule has 0 spiro atoms. The Balaban J connectivity index is 2.06. The Bertz CT molecular complexity index is 868. The maximum absolute atomic E-state index is 12.0. The van der Waals surface area contributed by atoms with E-state index in [2.05, 4.69) is 10.9 Å². The van der Waals surface area contributed by atoms with Gasteiger partial charge in [0, 0.05) is 29.8 Å². The highest BCUT2D eigenvalue weighted by Gasteiger charge is 2.17. The molecule has 0 bridgehead atoms. The molecule has 25 heavy (non-hydrogen) atoms. The van der Waals surface area contributed by atoms with Crippen molar-refractivity contribution in [3.63, 3.8) is 0 Å². The van der Waals surface area contributed by atoms with Crippen molar-refractivity contribution < 1.29 is 19.4 Å². The summed E-state index contributed by atoms with van der Waals surface area (Å²) in [5, 5.41) is 21.2. The van der Waals surface area contributed by atoms with E-state index in [1.807, 2.05) is 0 Å². The Morgan fingerprint density at radius 3 is 1.92 bits per heavy atom. The minimum atomic E-state index is -0.857. The van der Waals surface area contributed by atoms with Crippen LogP contribution in [0.3, 0.4) is 0 Å². The van der Waals surface area contributed by atoms with E-state index in [0.29, 0.717) is 0 Å². The van der Waals surface area contributed by atoms with Crippen LogP contribution in [0.2, 0.25) is 5.02 Å². The highest BCUT2D eigenvalue weighted by Crippen LogP contribution is 2.21. The van der Waals surface area contributed by atoms with Crippen molar-refractivity contribution in [3.8, 4) is 0 Å². The standard InChI is InChI=1S/C14H9ClN4O6/c15-12-6-5-10(19(24)25)7-11(12)14(21)17-16-13(20)8-1-3-9(4-2-8)18(22)23/h1-7H,(H,16,20)(H,17,21). The zero-order chi connectivity index (χ0) is 18.6. The van der Waals surface area contributed by atoms with E-state index in [1.165, 1.54) is 18.2 Å². The molecule has 0 aliphatic carbocycles. The van der Waals surface area contributed by atoms with E-state index >= 15 is 0 Å². The van der Waals surface area contributed by atoms with Crippen LogP contribution in [-0.2, 0) is 0 Å². The van der Waals surface area contributed by atoms with Crippen molar-refractivity contribution >= 4 is 34.8 Å². The molecule has 0 fully saturated rings. The van der Waals surface area contributed by atoms with Crippen LogP contribution in [-0.4, -0.2) is 21.7 Å². The lowest BCUT2D eigenvalue weighted by Gasteiger charge is -2.08. The molecule has 0 heterocycles. The molecule has 2 N–H and O–H groups in total. The lowest BCUT2D eigenvalue weighted by Crippen LogP contribution is -2.41. The third-order valence-electron chi connectivity index (χ3n) is 3.04. The highest BCUT2D eigenvalue weighted by molar-refractivity contribution is 6.34. The molecule has 2 aromatic carbocycles. The van der Waals surface area contributed by atoms with E-state index in [1.54, 1.807) is 0 Å². The first-order valence-electron chi connectivity index (χ1n) is 6.58. The SMILES string of the molecule is O=C(NNC(=O)c1cc([N+](=O)[O-])ccc1Cl)c1ccc([N+](=O)[O-])cc1. The van der Waals surface area contributed by atoms with Gasteiger partial charge in [-0.2, -0.15) is 0 Å². The second kappa shape index (κ2) is 7.36. The molecule has 0 radical (unpaired) electrons. The minimum Gasteiger partial charge on any atom is -0.267 e. The zero-order valence-electron chi connectivity index (χ0n) is 12.3. The number of nitro groups is 2. The summed E-state index contributed by atoms with van der Waals surface area (Å²) in [4.78, 5) is 43.8. The Morgan fingerprint density at radius 1 is 0.840 bits per heavy atom. The predicted octanol–water partition coefficient (Wildman–Crippen LogP) is 2.23. The Labute approximate surface area is 144 Å². The molecular weight excluding hydrogens is 356 g/mol. The summed E-state index contributed by atoms with van der Waals surface area (Å²) in [6, 6.07) is 7.97. The first-order chi connectivity index (χ1) is 11.8. The number of hydrazine groups is 1. The second-order valence-electron chi connectivity index (χ2n) is 4.63. The van der Waals surface area contributed by atoms with Gasteiger partial charge in [-0.15, -0.1) is 0 Å². The van der Waals surface area contributed by atoms with E-state index in [4.69, 9.17) is 11.6 Å². The largest absolute Gasteiger partial charge is 0.271 e. The van der Waals surface area contributed by atoms with E-state index in [9.17, 15) is 29.8 Å². The van der Waals surface area contributed by atoms with Gasteiger partial charge in [0.1, 0.15) is 0 Å². The van der Waals surface area contributed by atoms with Crippen molar-refractivity contribution in [1.29, 1.82) is 0 Å². The number of halogens is 1. The summed E-state index contributed by atoms with van der Waals surface area (Å²) in [5.41, 5.74) is 3.49.